The minimum Gasteiger partial charge on any atom is -0.378 e. The predicted molar refractivity (Wildman–Crippen MR) is 129 cm³/mol. The highest BCUT2D eigenvalue weighted by atomic mass is 32.2. The van der Waals surface area contributed by atoms with Crippen molar-refractivity contribution in [2.24, 2.45) is 0 Å². The van der Waals surface area contributed by atoms with Crippen LogP contribution in [0.4, 0.5) is 11.4 Å². The number of amides is 1. The Hall–Kier alpha value is -2.58. The summed E-state index contributed by atoms with van der Waals surface area (Å²) in [4.78, 5) is 14.6. The first-order valence-corrected chi connectivity index (χ1v) is 12.8. The maximum atomic E-state index is 12.3. The maximum absolute atomic E-state index is 12.3. The van der Waals surface area contributed by atoms with E-state index in [1.54, 1.807) is 0 Å². The zero-order valence-electron chi connectivity index (χ0n) is 19.1. The molecule has 0 aliphatic carbocycles. The number of carbonyl (C=O) groups excluding carboxylic acids is 1. The molecule has 2 aromatic carbocycles. The molecule has 0 bridgehead atoms. The first kappa shape index (κ1) is 24.1. The number of benzene rings is 2. The van der Waals surface area contributed by atoms with Crippen molar-refractivity contribution in [3.8, 4) is 0 Å². The highest BCUT2D eigenvalue weighted by Crippen LogP contribution is 2.24. The number of hydrogen-bond acceptors (Lipinski definition) is 5. The third-order valence-electron chi connectivity index (χ3n) is 5.60. The topological polar surface area (TPSA) is 79.0 Å². The van der Waals surface area contributed by atoms with Gasteiger partial charge in [-0.15, -0.1) is 0 Å². The fourth-order valence-electron chi connectivity index (χ4n) is 3.77. The van der Waals surface area contributed by atoms with E-state index >= 15 is 0 Å². The van der Waals surface area contributed by atoms with E-state index in [0.29, 0.717) is 18.7 Å². The fraction of sp³-hybridized carbons (Fsp3) is 0.458. The molecule has 1 fully saturated rings. The van der Waals surface area contributed by atoms with Gasteiger partial charge in [-0.1, -0.05) is 24.3 Å². The molecule has 174 valence electrons. The lowest BCUT2D eigenvalue weighted by atomic mass is 10.1. The third kappa shape index (κ3) is 6.71. The van der Waals surface area contributed by atoms with Crippen molar-refractivity contribution in [1.82, 2.24) is 5.32 Å². The summed E-state index contributed by atoms with van der Waals surface area (Å²) in [6.45, 7) is 7.83. The molecule has 0 unspecified atom stereocenters. The summed E-state index contributed by atoms with van der Waals surface area (Å²) >= 11 is 0. The van der Waals surface area contributed by atoms with Gasteiger partial charge in [0.2, 0.25) is 15.9 Å². The van der Waals surface area contributed by atoms with Gasteiger partial charge >= 0.3 is 0 Å². The summed E-state index contributed by atoms with van der Waals surface area (Å²) in [5.74, 6) is -0.0864. The third-order valence-corrected chi connectivity index (χ3v) is 6.78. The molecule has 1 aliphatic heterocycles. The van der Waals surface area contributed by atoms with Gasteiger partial charge < -0.3 is 15.0 Å². The molecule has 3 rings (SSSR count). The van der Waals surface area contributed by atoms with Crippen LogP contribution in [0.25, 0.3) is 0 Å². The highest BCUT2D eigenvalue weighted by molar-refractivity contribution is 7.92. The number of morpholine rings is 1. The Morgan fingerprint density at radius 1 is 1.09 bits per heavy atom. The van der Waals surface area contributed by atoms with Crippen molar-refractivity contribution in [3.63, 3.8) is 0 Å². The highest BCUT2D eigenvalue weighted by Gasteiger charge is 2.19. The first-order chi connectivity index (χ1) is 15.2. The quantitative estimate of drug-likeness (QED) is 0.624. The van der Waals surface area contributed by atoms with E-state index in [1.165, 1.54) is 10.6 Å². The lowest BCUT2D eigenvalue weighted by Gasteiger charge is -2.28. The van der Waals surface area contributed by atoms with Crippen LogP contribution in [0.5, 0.6) is 0 Å². The van der Waals surface area contributed by atoms with E-state index in [2.05, 4.69) is 22.3 Å². The van der Waals surface area contributed by atoms with Crippen LogP contribution in [0, 0.1) is 13.8 Å². The van der Waals surface area contributed by atoms with E-state index in [0.717, 1.165) is 48.7 Å². The molecule has 32 heavy (non-hydrogen) atoms. The molecule has 0 aromatic heterocycles. The van der Waals surface area contributed by atoms with Crippen LogP contribution >= 0.6 is 0 Å². The normalized spacial score (nSPS) is 14.3. The van der Waals surface area contributed by atoms with Gasteiger partial charge in [-0.3, -0.25) is 9.10 Å². The SMILES string of the molecule is Cc1ccc(C)c(N(CCCC(=O)NCc2ccc(N3CCOCC3)cc2)S(C)(=O)=O)c1. The molecular formula is C24H33N3O4S. The van der Waals surface area contributed by atoms with E-state index < -0.39 is 10.0 Å². The monoisotopic (exact) mass is 459 g/mol. The van der Waals surface area contributed by atoms with Gasteiger partial charge in [0, 0.05) is 38.3 Å². The molecule has 1 saturated heterocycles. The Morgan fingerprint density at radius 2 is 1.78 bits per heavy atom. The van der Waals surface area contributed by atoms with Crippen LogP contribution in [0.2, 0.25) is 0 Å². The molecule has 0 radical (unpaired) electrons. The largest absolute Gasteiger partial charge is 0.378 e. The van der Waals surface area contributed by atoms with Crippen molar-refractivity contribution in [2.45, 2.75) is 33.2 Å². The number of sulfonamides is 1. The number of ether oxygens (including phenoxy) is 1. The predicted octanol–water partition coefficient (Wildman–Crippen LogP) is 3.00. The Balaban J connectivity index is 1.49. The summed E-state index contributed by atoms with van der Waals surface area (Å²) in [7, 11) is -3.43. The lowest BCUT2D eigenvalue weighted by Crippen LogP contribution is -2.36. The van der Waals surface area contributed by atoms with E-state index in [1.807, 2.05) is 44.2 Å². The minimum atomic E-state index is -3.43. The van der Waals surface area contributed by atoms with Crippen molar-refractivity contribution < 1.29 is 17.9 Å². The van der Waals surface area contributed by atoms with Crippen LogP contribution in [0.1, 0.15) is 29.5 Å². The summed E-state index contributed by atoms with van der Waals surface area (Å²) in [6, 6.07) is 13.9. The second kappa shape index (κ2) is 10.8. The summed E-state index contributed by atoms with van der Waals surface area (Å²) < 4.78 is 31.5. The summed E-state index contributed by atoms with van der Waals surface area (Å²) in [6.07, 6.45) is 1.92. The van der Waals surface area contributed by atoms with Crippen LogP contribution in [0.15, 0.2) is 42.5 Å². The van der Waals surface area contributed by atoms with Crippen LogP contribution in [-0.2, 0) is 26.1 Å². The van der Waals surface area contributed by atoms with Gasteiger partial charge in [0.05, 0.1) is 25.2 Å². The smallest absolute Gasteiger partial charge is 0.232 e. The first-order valence-electron chi connectivity index (χ1n) is 11.0. The Bertz CT molecular complexity index is 1020. The average Bonchev–Trinajstić information content (AvgIpc) is 2.77. The van der Waals surface area contributed by atoms with Crippen LogP contribution < -0.4 is 14.5 Å². The number of rotatable bonds is 9. The van der Waals surface area contributed by atoms with Crippen molar-refractivity contribution in [3.05, 3.63) is 59.2 Å². The van der Waals surface area contributed by atoms with E-state index in [-0.39, 0.29) is 18.9 Å². The fourth-order valence-corrected chi connectivity index (χ4v) is 4.79. The number of nitrogens with zero attached hydrogens (tertiary/aromatic N) is 2. The zero-order valence-corrected chi connectivity index (χ0v) is 20.0. The lowest BCUT2D eigenvalue weighted by molar-refractivity contribution is -0.121. The molecule has 0 saturated carbocycles. The maximum Gasteiger partial charge on any atom is 0.232 e. The van der Waals surface area contributed by atoms with Gasteiger partial charge in [-0.05, 0) is 55.2 Å². The Labute approximate surface area is 191 Å². The van der Waals surface area contributed by atoms with E-state index in [9.17, 15) is 13.2 Å². The molecule has 1 heterocycles. The summed E-state index contributed by atoms with van der Waals surface area (Å²) in [5.41, 5.74) is 4.76. The van der Waals surface area contributed by atoms with E-state index in [4.69, 9.17) is 4.74 Å². The molecule has 0 spiro atoms. The standard InChI is InChI=1S/C24H33N3O4S/c1-19-6-7-20(2)23(17-19)27(32(3,29)30)12-4-5-24(28)25-18-21-8-10-22(11-9-21)26-13-15-31-16-14-26/h6-11,17H,4-5,12-16,18H2,1-3H3,(H,25,28). The molecular weight excluding hydrogens is 426 g/mol. The van der Waals surface area contributed by atoms with Crippen LogP contribution in [0.3, 0.4) is 0 Å². The number of nitrogens with one attached hydrogen (secondary N) is 1. The van der Waals surface area contributed by atoms with Crippen molar-refractivity contribution in [1.29, 1.82) is 0 Å². The van der Waals surface area contributed by atoms with Crippen molar-refractivity contribution >= 4 is 27.3 Å². The number of aryl methyl sites for hydroxylation is 2. The summed E-state index contributed by atoms with van der Waals surface area (Å²) in [5, 5.41) is 2.93. The second-order valence-electron chi connectivity index (χ2n) is 8.27. The molecule has 2 aromatic rings. The average molecular weight is 460 g/mol. The molecule has 1 amide bonds. The van der Waals surface area contributed by atoms with Gasteiger partial charge in [0.15, 0.2) is 0 Å². The molecule has 1 aliphatic rings. The van der Waals surface area contributed by atoms with Gasteiger partial charge in [0.25, 0.3) is 0 Å². The second-order valence-corrected chi connectivity index (χ2v) is 10.2. The molecule has 8 heteroatoms. The molecule has 1 N–H and O–H groups in total. The van der Waals surface area contributed by atoms with Gasteiger partial charge in [0.1, 0.15) is 0 Å². The number of anilines is 2. The van der Waals surface area contributed by atoms with Gasteiger partial charge in [-0.25, -0.2) is 8.42 Å². The van der Waals surface area contributed by atoms with Crippen molar-refractivity contribution in [2.75, 3.05) is 48.3 Å². The molecule has 7 nitrogen and oxygen atoms in total. The van der Waals surface area contributed by atoms with Crippen LogP contribution in [-0.4, -0.2) is 53.4 Å². The number of carbonyl (C=O) groups is 1. The Kier molecular flexibility index (Phi) is 8.15. The number of hydrogen-bond donors (Lipinski definition) is 1. The zero-order chi connectivity index (χ0) is 23.1. The minimum absolute atomic E-state index is 0.0864. The Morgan fingerprint density at radius 3 is 2.44 bits per heavy atom. The molecule has 0 atom stereocenters. The van der Waals surface area contributed by atoms with Gasteiger partial charge in [-0.2, -0.15) is 0 Å².